The lowest BCUT2D eigenvalue weighted by Crippen LogP contribution is -2.30. The molecule has 0 fully saturated rings. The Balaban J connectivity index is 1.17. The molecule has 3 amide bonds. The van der Waals surface area contributed by atoms with E-state index in [9.17, 15) is 24.0 Å². The predicted octanol–water partition coefficient (Wildman–Crippen LogP) is 7.44. The summed E-state index contributed by atoms with van der Waals surface area (Å²) in [7, 11) is 0. The number of benzene rings is 4. The number of thiophene rings is 1. The van der Waals surface area contributed by atoms with E-state index in [0.717, 1.165) is 10.5 Å². The maximum atomic E-state index is 13.5. The van der Waals surface area contributed by atoms with E-state index in [1.54, 1.807) is 97.1 Å². The van der Waals surface area contributed by atoms with Crippen molar-refractivity contribution in [1.82, 2.24) is 5.32 Å². The van der Waals surface area contributed by atoms with Crippen LogP contribution in [0.25, 0.3) is 6.08 Å². The molecule has 0 aliphatic heterocycles. The van der Waals surface area contributed by atoms with Crippen LogP contribution in [-0.4, -0.2) is 34.5 Å². The SMILES string of the molecule is CCC(Sc1cccc(NC(=O)/C(=C\c2ccsc2)NC(=O)c2ccccc2)c1)C(=O)Nc1cccc2c1C(=O)c1ccccc1C2=O. The molecule has 48 heavy (non-hydrogen) atoms. The number of fused-ring (bicyclic) bond motifs is 2. The molecule has 0 saturated heterocycles. The average Bonchev–Trinajstić information content (AvgIpc) is 3.63. The minimum atomic E-state index is -0.548. The van der Waals surface area contributed by atoms with E-state index in [1.807, 2.05) is 29.8 Å². The molecule has 1 aliphatic carbocycles. The van der Waals surface area contributed by atoms with Gasteiger partial charge >= 0.3 is 0 Å². The lowest BCUT2D eigenvalue weighted by Gasteiger charge is -2.21. The van der Waals surface area contributed by atoms with Crippen LogP contribution in [0.5, 0.6) is 0 Å². The fourth-order valence-electron chi connectivity index (χ4n) is 5.26. The Labute approximate surface area is 285 Å². The second-order valence-electron chi connectivity index (χ2n) is 10.9. The molecule has 238 valence electrons. The summed E-state index contributed by atoms with van der Waals surface area (Å²) in [5.41, 5.74) is 3.13. The number of hydrogen-bond donors (Lipinski definition) is 3. The van der Waals surface area contributed by atoms with Crippen LogP contribution in [0.1, 0.15) is 61.1 Å². The molecule has 10 heteroatoms. The minimum Gasteiger partial charge on any atom is -0.324 e. The normalized spacial score (nSPS) is 12.8. The van der Waals surface area contributed by atoms with Gasteiger partial charge in [-0.1, -0.05) is 67.6 Å². The van der Waals surface area contributed by atoms with Crippen molar-refractivity contribution in [3.8, 4) is 0 Å². The summed E-state index contributed by atoms with van der Waals surface area (Å²) < 4.78 is 0. The summed E-state index contributed by atoms with van der Waals surface area (Å²) in [6, 6.07) is 29.1. The van der Waals surface area contributed by atoms with Gasteiger partial charge in [0.15, 0.2) is 11.6 Å². The number of amides is 3. The smallest absolute Gasteiger partial charge is 0.272 e. The zero-order valence-electron chi connectivity index (χ0n) is 25.7. The van der Waals surface area contributed by atoms with Crippen molar-refractivity contribution >= 4 is 69.8 Å². The molecule has 1 unspecified atom stereocenters. The zero-order chi connectivity index (χ0) is 33.6. The van der Waals surface area contributed by atoms with Crippen molar-refractivity contribution in [3.63, 3.8) is 0 Å². The van der Waals surface area contributed by atoms with Crippen molar-refractivity contribution < 1.29 is 24.0 Å². The van der Waals surface area contributed by atoms with Gasteiger partial charge in [-0.15, -0.1) is 11.8 Å². The van der Waals surface area contributed by atoms with E-state index in [0.29, 0.717) is 28.8 Å². The van der Waals surface area contributed by atoms with Gasteiger partial charge in [0.05, 0.1) is 16.5 Å². The van der Waals surface area contributed by atoms with Gasteiger partial charge in [-0.2, -0.15) is 11.3 Å². The van der Waals surface area contributed by atoms with Crippen LogP contribution in [0.2, 0.25) is 0 Å². The minimum absolute atomic E-state index is 0.0768. The fourth-order valence-corrected chi connectivity index (χ4v) is 6.89. The van der Waals surface area contributed by atoms with E-state index >= 15 is 0 Å². The third-order valence-electron chi connectivity index (χ3n) is 7.63. The number of nitrogens with one attached hydrogen (secondary N) is 3. The lowest BCUT2D eigenvalue weighted by molar-refractivity contribution is -0.116. The molecule has 6 rings (SSSR count). The molecule has 0 radical (unpaired) electrons. The Morgan fingerprint density at radius 1 is 0.792 bits per heavy atom. The van der Waals surface area contributed by atoms with Gasteiger partial charge in [0.25, 0.3) is 11.8 Å². The number of thioether (sulfide) groups is 1. The van der Waals surface area contributed by atoms with Gasteiger partial charge in [-0.25, -0.2) is 0 Å². The maximum Gasteiger partial charge on any atom is 0.272 e. The summed E-state index contributed by atoms with van der Waals surface area (Å²) in [4.78, 5) is 67.2. The number of hydrogen-bond acceptors (Lipinski definition) is 7. The fraction of sp³-hybridized carbons (Fsp3) is 0.0789. The number of rotatable bonds is 10. The molecular formula is C38H29N3O5S2. The van der Waals surface area contributed by atoms with E-state index < -0.39 is 17.1 Å². The van der Waals surface area contributed by atoms with Crippen LogP contribution in [0.4, 0.5) is 11.4 Å². The van der Waals surface area contributed by atoms with Crippen molar-refractivity contribution in [2.24, 2.45) is 0 Å². The van der Waals surface area contributed by atoms with Crippen LogP contribution in [0.15, 0.2) is 124 Å². The van der Waals surface area contributed by atoms with Crippen molar-refractivity contribution in [1.29, 1.82) is 0 Å². The number of ketones is 2. The molecule has 5 aromatic rings. The standard InChI is InChI=1S/C38H29N3O5S2/c1-2-32(38(46)40-30-17-9-16-29-33(30)35(43)28-15-7-6-14-27(28)34(29)42)48-26-13-8-12-25(21-26)39-37(45)31(20-23-18-19-47-22-23)41-36(44)24-10-4-3-5-11-24/h3-22,32H,2H2,1H3,(H,39,45)(H,40,46)(H,41,44)/b31-20+. The summed E-state index contributed by atoms with van der Waals surface area (Å²) in [5, 5.41) is 11.7. The topological polar surface area (TPSA) is 121 Å². The van der Waals surface area contributed by atoms with Crippen LogP contribution < -0.4 is 16.0 Å². The van der Waals surface area contributed by atoms with Gasteiger partial charge < -0.3 is 16.0 Å². The van der Waals surface area contributed by atoms with Gasteiger partial charge in [-0.3, -0.25) is 24.0 Å². The highest BCUT2D eigenvalue weighted by Crippen LogP contribution is 2.34. The van der Waals surface area contributed by atoms with Gasteiger partial charge in [0.2, 0.25) is 5.91 Å². The largest absolute Gasteiger partial charge is 0.324 e. The van der Waals surface area contributed by atoms with Crippen LogP contribution in [0, 0.1) is 0 Å². The Morgan fingerprint density at radius 2 is 1.50 bits per heavy atom. The highest BCUT2D eigenvalue weighted by molar-refractivity contribution is 8.00. The quantitative estimate of drug-likeness (QED) is 0.103. The monoisotopic (exact) mass is 671 g/mol. The highest BCUT2D eigenvalue weighted by Gasteiger charge is 2.32. The molecule has 3 N–H and O–H groups in total. The second-order valence-corrected chi connectivity index (χ2v) is 12.9. The van der Waals surface area contributed by atoms with Gasteiger partial charge in [-0.05, 0) is 71.3 Å². The molecule has 4 aromatic carbocycles. The molecule has 0 spiro atoms. The van der Waals surface area contributed by atoms with E-state index in [4.69, 9.17) is 0 Å². The summed E-state index contributed by atoms with van der Waals surface area (Å²) in [6.45, 7) is 1.88. The molecule has 1 aliphatic rings. The van der Waals surface area contributed by atoms with Crippen LogP contribution in [-0.2, 0) is 9.59 Å². The number of carbonyl (C=O) groups is 5. The molecule has 1 aromatic heterocycles. The van der Waals surface area contributed by atoms with Crippen LogP contribution in [0.3, 0.4) is 0 Å². The first-order valence-electron chi connectivity index (χ1n) is 15.1. The van der Waals surface area contributed by atoms with Crippen LogP contribution >= 0.6 is 23.1 Å². The van der Waals surface area contributed by atoms with Gasteiger partial charge in [0.1, 0.15) is 5.70 Å². The Bertz CT molecular complexity index is 2070. The molecule has 1 atom stereocenters. The van der Waals surface area contributed by atoms with Crippen molar-refractivity contribution in [3.05, 3.63) is 153 Å². The first kappa shape index (κ1) is 32.4. The lowest BCUT2D eigenvalue weighted by atomic mass is 9.83. The first-order chi connectivity index (χ1) is 23.3. The van der Waals surface area contributed by atoms with Crippen molar-refractivity contribution in [2.75, 3.05) is 10.6 Å². The Morgan fingerprint density at radius 3 is 2.23 bits per heavy atom. The molecule has 0 saturated carbocycles. The Hall–Kier alpha value is -5.58. The first-order valence-corrected chi connectivity index (χ1v) is 16.9. The van der Waals surface area contributed by atoms with Gasteiger partial charge in [0, 0.05) is 32.8 Å². The average molecular weight is 672 g/mol. The second kappa shape index (κ2) is 14.5. The third kappa shape index (κ3) is 7.05. The van der Waals surface area contributed by atoms with Crippen molar-refractivity contribution in [2.45, 2.75) is 23.5 Å². The van der Waals surface area contributed by atoms with E-state index in [-0.39, 0.29) is 40.0 Å². The van der Waals surface area contributed by atoms with E-state index in [1.165, 1.54) is 23.1 Å². The molecule has 0 bridgehead atoms. The summed E-state index contributed by atoms with van der Waals surface area (Å²) in [5.74, 6) is -1.82. The number of carbonyl (C=O) groups excluding carboxylic acids is 5. The highest BCUT2D eigenvalue weighted by atomic mass is 32.2. The Kier molecular flexibility index (Phi) is 9.75. The summed E-state index contributed by atoms with van der Waals surface area (Å²) >= 11 is 2.78. The van der Waals surface area contributed by atoms with E-state index in [2.05, 4.69) is 16.0 Å². The maximum absolute atomic E-state index is 13.5. The number of anilines is 2. The zero-order valence-corrected chi connectivity index (χ0v) is 27.3. The molecule has 1 heterocycles. The molecular weight excluding hydrogens is 643 g/mol. The summed E-state index contributed by atoms with van der Waals surface area (Å²) in [6.07, 6.45) is 2.08. The third-order valence-corrected chi connectivity index (χ3v) is 9.69. The molecule has 8 nitrogen and oxygen atoms in total. The predicted molar refractivity (Wildman–Crippen MR) is 190 cm³/mol.